The second-order valence-electron chi connectivity index (χ2n) is 2.63. The molecule has 8 heteroatoms. The van der Waals surface area contributed by atoms with Gasteiger partial charge in [-0.05, 0) is 4.92 Å². The van der Waals surface area contributed by atoms with Crippen molar-refractivity contribution in [2.24, 2.45) is 0 Å². The molecule has 0 aliphatic heterocycles. The molecule has 0 aliphatic rings. The first-order chi connectivity index (χ1) is 6.46. The van der Waals surface area contributed by atoms with Crippen LogP contribution in [0.1, 0.15) is 0 Å². The Kier molecular flexibility index (Phi) is 2.75. The van der Waals surface area contributed by atoms with Crippen LogP contribution in [-0.4, -0.2) is 32.1 Å². The second kappa shape index (κ2) is 3.66. The fourth-order valence-electron chi connectivity index (χ4n) is 0.896. The fourth-order valence-corrected chi connectivity index (χ4v) is 0.896. The van der Waals surface area contributed by atoms with Gasteiger partial charge in [0, 0.05) is 0 Å². The molecule has 0 aliphatic carbocycles. The van der Waals surface area contributed by atoms with E-state index in [9.17, 15) is 18.9 Å². The van der Waals surface area contributed by atoms with Crippen molar-refractivity contribution >= 4 is 5.95 Å². The van der Waals surface area contributed by atoms with Crippen molar-refractivity contribution in [3.63, 3.8) is 0 Å². The van der Waals surface area contributed by atoms with Gasteiger partial charge in [-0.2, -0.15) is 0 Å². The third-order valence-electron chi connectivity index (χ3n) is 1.49. The van der Waals surface area contributed by atoms with E-state index >= 15 is 0 Å². The van der Waals surface area contributed by atoms with E-state index < -0.39 is 29.9 Å². The summed E-state index contributed by atoms with van der Waals surface area (Å²) >= 11 is 0. The number of hydrogen-bond donors (Lipinski definition) is 1. The summed E-state index contributed by atoms with van der Waals surface area (Å²) in [4.78, 5) is 12.7. The molecular weight excluding hydrogens is 200 g/mol. The molecule has 0 fully saturated rings. The Bertz CT molecular complexity index is 339. The number of aliphatic hydroxyl groups excluding tert-OH is 1. The van der Waals surface area contributed by atoms with Crippen molar-refractivity contribution in [3.05, 3.63) is 22.5 Å². The van der Waals surface area contributed by atoms with Gasteiger partial charge in [-0.15, -0.1) is 0 Å². The molecule has 6 nitrogen and oxygen atoms in total. The Morgan fingerprint density at radius 3 is 2.86 bits per heavy atom. The van der Waals surface area contributed by atoms with Crippen LogP contribution in [0.25, 0.3) is 0 Å². The van der Waals surface area contributed by atoms with Crippen LogP contribution in [0.2, 0.25) is 0 Å². The minimum absolute atomic E-state index is 0.668. The second-order valence-corrected chi connectivity index (χ2v) is 2.63. The molecule has 0 spiro atoms. The summed E-state index contributed by atoms with van der Waals surface area (Å²) in [6.07, 6.45) is 2.10. The van der Waals surface area contributed by atoms with Gasteiger partial charge in [-0.25, -0.2) is 13.3 Å². The Labute approximate surface area is 76.9 Å². The highest BCUT2D eigenvalue weighted by Gasteiger charge is 2.32. The van der Waals surface area contributed by atoms with Gasteiger partial charge in [0.1, 0.15) is 25.5 Å². The average molecular weight is 207 g/mol. The van der Waals surface area contributed by atoms with Crippen molar-refractivity contribution in [3.8, 4) is 0 Å². The highest BCUT2D eigenvalue weighted by Crippen LogP contribution is 2.18. The molecule has 0 saturated heterocycles. The average Bonchev–Trinajstić information content (AvgIpc) is 2.51. The molecule has 1 rings (SSSR count). The Hall–Kier alpha value is -1.57. The van der Waals surface area contributed by atoms with Crippen molar-refractivity contribution < 1.29 is 18.8 Å². The molecule has 78 valence electrons. The highest BCUT2D eigenvalue weighted by atomic mass is 19.3. The molecule has 0 unspecified atom stereocenters. The van der Waals surface area contributed by atoms with Crippen molar-refractivity contribution in [2.75, 3.05) is 6.61 Å². The van der Waals surface area contributed by atoms with Gasteiger partial charge in [0.15, 0.2) is 0 Å². The number of aromatic nitrogens is 2. The molecule has 0 atom stereocenters. The first kappa shape index (κ1) is 10.5. The van der Waals surface area contributed by atoms with E-state index in [-0.39, 0.29) is 0 Å². The summed E-state index contributed by atoms with van der Waals surface area (Å²) < 4.78 is 26.0. The van der Waals surface area contributed by atoms with E-state index in [0.717, 1.165) is 12.4 Å². The summed E-state index contributed by atoms with van der Waals surface area (Å²) in [5.41, 5.74) is 0. The lowest BCUT2D eigenvalue weighted by Crippen LogP contribution is -2.28. The summed E-state index contributed by atoms with van der Waals surface area (Å²) in [5, 5.41) is 18.5. The van der Waals surface area contributed by atoms with Crippen molar-refractivity contribution in [2.45, 2.75) is 12.5 Å². The van der Waals surface area contributed by atoms with Gasteiger partial charge < -0.3 is 15.2 Å². The molecule has 0 amide bonds. The summed E-state index contributed by atoms with van der Waals surface area (Å²) in [5.74, 6) is -4.05. The third-order valence-corrected chi connectivity index (χ3v) is 1.49. The van der Waals surface area contributed by atoms with Gasteiger partial charge in [0.2, 0.25) is 0 Å². The first-order valence-electron chi connectivity index (χ1n) is 3.60. The maximum Gasteiger partial charge on any atom is 0.434 e. The smallest absolute Gasteiger partial charge is 0.390 e. The first-order valence-corrected chi connectivity index (χ1v) is 3.60. The molecule has 1 aromatic rings. The molecule has 0 saturated carbocycles. The quantitative estimate of drug-likeness (QED) is 0.573. The lowest BCUT2D eigenvalue weighted by Gasteiger charge is -2.11. The van der Waals surface area contributed by atoms with E-state index in [1.807, 2.05) is 0 Å². The monoisotopic (exact) mass is 207 g/mol. The zero-order valence-corrected chi connectivity index (χ0v) is 6.93. The number of nitro groups is 1. The lowest BCUT2D eigenvalue weighted by atomic mass is 10.3. The maximum atomic E-state index is 12.6. The zero-order chi connectivity index (χ0) is 10.8. The number of alkyl halides is 2. The highest BCUT2D eigenvalue weighted by molar-refractivity contribution is 5.07. The van der Waals surface area contributed by atoms with Crippen molar-refractivity contribution in [1.82, 2.24) is 9.55 Å². The van der Waals surface area contributed by atoms with Gasteiger partial charge in [0.05, 0.1) is 0 Å². The standard InChI is InChI=1S/C6H7F2N3O3/c7-6(8,4-12)3-10-2-1-9-5(10)11(13)14/h1-2,12H,3-4H2. The normalized spacial score (nSPS) is 11.6. The van der Waals surface area contributed by atoms with Crippen LogP contribution in [0.3, 0.4) is 0 Å². The predicted octanol–water partition coefficient (Wildman–Crippen LogP) is 0.419. The van der Waals surface area contributed by atoms with Crippen LogP contribution < -0.4 is 0 Å². The van der Waals surface area contributed by atoms with Crippen molar-refractivity contribution in [1.29, 1.82) is 0 Å². The Balaban J connectivity index is 2.86. The van der Waals surface area contributed by atoms with Gasteiger partial charge >= 0.3 is 11.9 Å². The van der Waals surface area contributed by atoms with E-state index in [4.69, 9.17) is 5.11 Å². The van der Waals surface area contributed by atoms with Crippen LogP contribution in [0.4, 0.5) is 14.7 Å². The summed E-state index contributed by atoms with van der Waals surface area (Å²) in [6.45, 7) is -2.32. The summed E-state index contributed by atoms with van der Waals surface area (Å²) in [7, 11) is 0. The predicted molar refractivity (Wildman–Crippen MR) is 40.9 cm³/mol. The minimum atomic E-state index is -3.38. The number of nitrogens with zero attached hydrogens (tertiary/aromatic N) is 3. The third kappa shape index (κ3) is 2.22. The molecule has 1 N–H and O–H groups in total. The number of imidazole rings is 1. The number of rotatable bonds is 4. The van der Waals surface area contributed by atoms with Crippen LogP contribution in [0.15, 0.2) is 12.4 Å². The molecule has 0 aromatic carbocycles. The SMILES string of the molecule is O=[N+]([O-])c1nccn1CC(F)(F)CO. The fraction of sp³-hybridized carbons (Fsp3) is 0.500. The molecule has 0 bridgehead atoms. The largest absolute Gasteiger partial charge is 0.434 e. The topological polar surface area (TPSA) is 81.2 Å². The number of hydrogen-bond acceptors (Lipinski definition) is 4. The van der Waals surface area contributed by atoms with Crippen LogP contribution in [0.5, 0.6) is 0 Å². The summed E-state index contributed by atoms with van der Waals surface area (Å²) in [6, 6.07) is 0. The van der Waals surface area contributed by atoms with E-state index in [1.165, 1.54) is 0 Å². The van der Waals surface area contributed by atoms with Crippen LogP contribution in [-0.2, 0) is 6.54 Å². The van der Waals surface area contributed by atoms with Crippen LogP contribution in [0, 0.1) is 10.1 Å². The molecule has 0 radical (unpaired) electrons. The van der Waals surface area contributed by atoms with E-state index in [2.05, 4.69) is 4.98 Å². The van der Waals surface area contributed by atoms with Gasteiger partial charge in [-0.3, -0.25) is 0 Å². The maximum absolute atomic E-state index is 12.6. The Morgan fingerprint density at radius 2 is 2.36 bits per heavy atom. The van der Waals surface area contributed by atoms with E-state index in [1.54, 1.807) is 0 Å². The number of halogens is 2. The van der Waals surface area contributed by atoms with E-state index in [0.29, 0.717) is 4.57 Å². The van der Waals surface area contributed by atoms with Gasteiger partial charge in [-0.1, -0.05) is 4.98 Å². The minimum Gasteiger partial charge on any atom is -0.390 e. The molecule has 1 aromatic heterocycles. The molecule has 14 heavy (non-hydrogen) atoms. The lowest BCUT2D eigenvalue weighted by molar-refractivity contribution is -0.397. The van der Waals surface area contributed by atoms with Gasteiger partial charge in [0.25, 0.3) is 0 Å². The number of aliphatic hydroxyl groups is 1. The molecule has 1 heterocycles. The molecular formula is C6H7F2N3O3. The van der Waals surface area contributed by atoms with Crippen LogP contribution >= 0.6 is 0 Å². The Morgan fingerprint density at radius 1 is 1.71 bits per heavy atom. The zero-order valence-electron chi connectivity index (χ0n) is 6.93.